The zero-order valence-corrected chi connectivity index (χ0v) is 9.08. The highest BCUT2D eigenvalue weighted by Crippen LogP contribution is 2.43. The van der Waals surface area contributed by atoms with Crippen molar-refractivity contribution < 1.29 is 34.9 Å². The highest BCUT2D eigenvalue weighted by Gasteiger charge is 2.62. The summed E-state index contributed by atoms with van der Waals surface area (Å²) >= 11 is 0. The number of hydrogen-bond donors (Lipinski definition) is 1. The second-order valence-electron chi connectivity index (χ2n) is 3.27. The Morgan fingerprint density at radius 3 is 1.88 bits per heavy atom. The molecule has 0 heterocycles. The third kappa shape index (κ3) is 3.55. The van der Waals surface area contributed by atoms with E-state index in [2.05, 4.69) is 0 Å². The van der Waals surface area contributed by atoms with E-state index in [0.29, 0.717) is 0 Å². The van der Waals surface area contributed by atoms with Gasteiger partial charge in [0, 0.05) is 0 Å². The molecule has 0 saturated heterocycles. The normalized spacial score (nSPS) is 16.2. The number of rotatable bonds is 5. The van der Waals surface area contributed by atoms with Gasteiger partial charge in [0.1, 0.15) is 5.92 Å². The molecule has 0 fully saturated rings. The van der Waals surface area contributed by atoms with Gasteiger partial charge in [0.05, 0.1) is 0 Å². The summed E-state index contributed by atoms with van der Waals surface area (Å²) in [6.45, 7) is 1.47. The zero-order valence-electron chi connectivity index (χ0n) is 8.26. The van der Waals surface area contributed by atoms with Gasteiger partial charge in [-0.25, -0.2) is 0 Å². The van der Waals surface area contributed by atoms with E-state index in [4.69, 9.17) is 4.55 Å². The van der Waals surface area contributed by atoms with Gasteiger partial charge in [-0.05, 0) is 6.42 Å². The van der Waals surface area contributed by atoms with Gasteiger partial charge in [-0.15, -0.1) is 0 Å². The second-order valence-corrected chi connectivity index (χ2v) is 4.77. The van der Waals surface area contributed by atoms with Gasteiger partial charge in [-0.2, -0.15) is 30.4 Å². The highest BCUT2D eigenvalue weighted by atomic mass is 32.2. The van der Waals surface area contributed by atoms with E-state index >= 15 is 0 Å². The Balaban J connectivity index is 5.20. The fraction of sp³-hybridized carbons (Fsp3) is 1.00. The van der Waals surface area contributed by atoms with Crippen LogP contribution in [0.3, 0.4) is 0 Å². The van der Waals surface area contributed by atoms with Crippen LogP contribution in [0, 0.1) is 5.92 Å². The van der Waals surface area contributed by atoms with Crippen LogP contribution in [0.2, 0.25) is 0 Å². The first-order valence-corrected chi connectivity index (χ1v) is 5.80. The molecule has 16 heavy (non-hydrogen) atoms. The van der Waals surface area contributed by atoms with Crippen LogP contribution in [0.1, 0.15) is 26.2 Å². The quantitative estimate of drug-likeness (QED) is 0.617. The van der Waals surface area contributed by atoms with E-state index in [9.17, 15) is 30.4 Å². The van der Waals surface area contributed by atoms with Crippen LogP contribution in [0.15, 0.2) is 0 Å². The highest BCUT2D eigenvalue weighted by molar-refractivity contribution is 7.86. The fourth-order valence-electron chi connectivity index (χ4n) is 1.11. The number of unbranched alkanes of at least 4 members (excludes halogenated alkanes) is 1. The van der Waals surface area contributed by atoms with E-state index in [-0.39, 0.29) is 12.8 Å². The number of halogens is 5. The minimum Gasteiger partial charge on any atom is -0.281 e. The molecule has 0 aliphatic rings. The molecule has 0 amide bonds. The summed E-state index contributed by atoms with van der Waals surface area (Å²) in [6, 6.07) is 0. The average molecular weight is 270 g/mol. The van der Waals surface area contributed by atoms with Crippen LogP contribution < -0.4 is 0 Å². The molecule has 1 N–H and O–H groups in total. The summed E-state index contributed by atoms with van der Waals surface area (Å²) < 4.78 is 90.9. The zero-order chi connectivity index (χ0) is 13.2. The molecule has 98 valence electrons. The Labute approximate surface area is 89.4 Å². The van der Waals surface area contributed by atoms with Gasteiger partial charge in [-0.1, -0.05) is 19.8 Å². The lowest BCUT2D eigenvalue weighted by Crippen LogP contribution is -2.44. The summed E-state index contributed by atoms with van der Waals surface area (Å²) in [7, 11) is -6.07. The van der Waals surface area contributed by atoms with Crippen LogP contribution in [0.4, 0.5) is 22.0 Å². The van der Waals surface area contributed by atoms with Crippen molar-refractivity contribution in [3.8, 4) is 0 Å². The van der Waals surface area contributed by atoms with Gasteiger partial charge in [0.25, 0.3) is 0 Å². The molecule has 0 aliphatic carbocycles. The van der Waals surface area contributed by atoms with Crippen molar-refractivity contribution in [3.05, 3.63) is 0 Å². The summed E-state index contributed by atoms with van der Waals surface area (Å²) in [5, 5.41) is -5.21. The molecular weight excluding hydrogens is 259 g/mol. The molecule has 1 unspecified atom stereocenters. The van der Waals surface area contributed by atoms with Crippen LogP contribution in [-0.4, -0.2) is 24.4 Å². The predicted octanol–water partition coefficient (Wildman–Crippen LogP) is 2.84. The standard InChI is InChI=1S/C7H11F5O3S/c1-2-3-4-5(6(8,9)10)7(11,12)16(13,14)15/h5H,2-4H2,1H3,(H,13,14,15). The molecule has 3 nitrogen and oxygen atoms in total. The van der Waals surface area contributed by atoms with Crippen molar-refractivity contribution in [2.75, 3.05) is 0 Å². The molecule has 0 rings (SSSR count). The minimum absolute atomic E-state index is 0.203. The number of hydrogen-bond acceptors (Lipinski definition) is 2. The molecule has 9 heteroatoms. The van der Waals surface area contributed by atoms with E-state index < -0.39 is 33.9 Å². The lowest BCUT2D eigenvalue weighted by Gasteiger charge is -2.26. The second kappa shape index (κ2) is 4.82. The molecule has 0 radical (unpaired) electrons. The van der Waals surface area contributed by atoms with Gasteiger partial charge in [-0.3, -0.25) is 4.55 Å². The Bertz CT molecular complexity index is 321. The van der Waals surface area contributed by atoms with Gasteiger partial charge < -0.3 is 0 Å². The van der Waals surface area contributed by atoms with Crippen LogP contribution in [-0.2, 0) is 10.1 Å². The largest absolute Gasteiger partial charge is 0.398 e. The lowest BCUT2D eigenvalue weighted by molar-refractivity contribution is -0.220. The van der Waals surface area contributed by atoms with Crippen molar-refractivity contribution in [1.82, 2.24) is 0 Å². The summed E-state index contributed by atoms with van der Waals surface area (Å²) in [6.07, 6.45) is -6.44. The summed E-state index contributed by atoms with van der Waals surface area (Å²) in [5.41, 5.74) is 0. The maximum atomic E-state index is 12.9. The van der Waals surface area contributed by atoms with E-state index in [0.717, 1.165) is 0 Å². The topological polar surface area (TPSA) is 54.4 Å². The third-order valence-electron chi connectivity index (χ3n) is 1.99. The molecule has 0 saturated carbocycles. The maximum absolute atomic E-state index is 12.9. The van der Waals surface area contributed by atoms with E-state index in [1.807, 2.05) is 0 Å². The first kappa shape index (κ1) is 15.6. The Morgan fingerprint density at radius 1 is 1.19 bits per heavy atom. The Morgan fingerprint density at radius 2 is 1.62 bits per heavy atom. The molecule has 1 atom stereocenters. The van der Waals surface area contributed by atoms with Crippen LogP contribution in [0.5, 0.6) is 0 Å². The van der Waals surface area contributed by atoms with Gasteiger partial charge >= 0.3 is 21.5 Å². The Kier molecular flexibility index (Phi) is 4.69. The molecule has 0 aliphatic heterocycles. The molecule has 0 spiro atoms. The molecule has 0 bridgehead atoms. The molecule has 0 aromatic heterocycles. The monoisotopic (exact) mass is 270 g/mol. The smallest absolute Gasteiger partial charge is 0.281 e. The van der Waals surface area contributed by atoms with Gasteiger partial charge in [0.15, 0.2) is 0 Å². The Hall–Kier alpha value is -0.440. The van der Waals surface area contributed by atoms with Crippen LogP contribution in [0.25, 0.3) is 0 Å². The van der Waals surface area contributed by atoms with Gasteiger partial charge in [0.2, 0.25) is 0 Å². The summed E-state index contributed by atoms with van der Waals surface area (Å²) in [5.74, 6) is -3.38. The SMILES string of the molecule is CCCCC(C(F)(F)F)C(F)(F)S(=O)(=O)O. The lowest BCUT2D eigenvalue weighted by atomic mass is 10.0. The molecule has 0 aromatic carbocycles. The first-order valence-electron chi connectivity index (χ1n) is 4.36. The minimum atomic E-state index is -6.07. The van der Waals surface area contributed by atoms with Crippen LogP contribution >= 0.6 is 0 Å². The number of alkyl halides is 5. The van der Waals surface area contributed by atoms with Crippen molar-refractivity contribution in [3.63, 3.8) is 0 Å². The van der Waals surface area contributed by atoms with Crippen molar-refractivity contribution >= 4 is 10.1 Å². The predicted molar refractivity (Wildman–Crippen MR) is 45.6 cm³/mol. The average Bonchev–Trinajstić information content (AvgIpc) is 1.99. The molecular formula is C7H11F5O3S. The van der Waals surface area contributed by atoms with Crippen molar-refractivity contribution in [2.45, 2.75) is 37.6 Å². The first-order chi connectivity index (χ1) is 6.94. The maximum Gasteiger partial charge on any atom is 0.398 e. The molecule has 0 aromatic rings. The summed E-state index contributed by atoms with van der Waals surface area (Å²) in [4.78, 5) is 0. The third-order valence-corrected chi connectivity index (χ3v) is 2.96. The fourth-order valence-corrected chi connectivity index (χ4v) is 1.72. The van der Waals surface area contributed by atoms with E-state index in [1.165, 1.54) is 6.92 Å². The van der Waals surface area contributed by atoms with Crippen molar-refractivity contribution in [1.29, 1.82) is 0 Å². The van der Waals surface area contributed by atoms with Crippen molar-refractivity contribution in [2.24, 2.45) is 5.92 Å². The van der Waals surface area contributed by atoms with E-state index in [1.54, 1.807) is 0 Å².